The lowest BCUT2D eigenvalue weighted by Gasteiger charge is -1.84. The normalized spacial score (nSPS) is 9.73. The van der Waals surface area contributed by atoms with Crippen LogP contribution in [-0.2, 0) is 4.57 Å². The van der Waals surface area contributed by atoms with Crippen LogP contribution in [0.5, 0.6) is 0 Å². The molecule has 0 aliphatic carbocycles. The molecule has 0 aromatic carbocycles. The molecule has 0 fully saturated rings. The van der Waals surface area contributed by atoms with Crippen LogP contribution in [0, 0.1) is 0 Å². The first-order valence-corrected chi connectivity index (χ1v) is 4.67. The zero-order valence-corrected chi connectivity index (χ0v) is 6.72. The van der Waals surface area contributed by atoms with E-state index in [0.717, 1.165) is 6.66 Å². The number of hydrogen-bond donors (Lipinski definition) is 2. The van der Waals surface area contributed by atoms with E-state index in [-0.39, 0.29) is 0 Å². The van der Waals surface area contributed by atoms with Gasteiger partial charge in [-0.05, 0) is 11.3 Å². The van der Waals surface area contributed by atoms with Gasteiger partial charge >= 0.3 is 7.60 Å². The lowest BCUT2D eigenvalue weighted by atomic mass is 10.7. The maximum absolute atomic E-state index is 9.33. The summed E-state index contributed by atoms with van der Waals surface area (Å²) in [7, 11) is -3.64. The third-order valence-electron chi connectivity index (χ3n) is 0.409. The molecule has 11 heavy (non-hydrogen) atoms. The molecular formula is C4H8N3O3P. The minimum Gasteiger partial charge on any atom is -0.325 e. The van der Waals surface area contributed by atoms with E-state index >= 15 is 0 Å². The highest BCUT2D eigenvalue weighted by Gasteiger charge is 1.95. The van der Waals surface area contributed by atoms with Gasteiger partial charge in [-0.2, -0.15) is 0 Å². The van der Waals surface area contributed by atoms with Crippen LogP contribution in [-0.4, -0.2) is 31.9 Å². The van der Waals surface area contributed by atoms with Crippen LogP contribution < -0.4 is 0 Å². The van der Waals surface area contributed by atoms with Gasteiger partial charge in [0.1, 0.15) is 0 Å². The first-order chi connectivity index (χ1) is 5.00. The van der Waals surface area contributed by atoms with Crippen LogP contribution in [0.1, 0.15) is 0 Å². The third kappa shape index (κ3) is 17.6. The Morgan fingerprint density at radius 3 is 1.73 bits per heavy atom. The molecule has 0 spiro atoms. The van der Waals surface area contributed by atoms with Gasteiger partial charge in [0.15, 0.2) is 0 Å². The number of hydrogen-bond acceptors (Lipinski definition) is 4. The Labute approximate surface area is 63.4 Å². The highest BCUT2D eigenvalue weighted by Crippen LogP contribution is 2.26. The predicted octanol–water partition coefficient (Wildman–Crippen LogP) is -0.335. The lowest BCUT2D eigenvalue weighted by molar-refractivity contribution is 0.381. The maximum atomic E-state index is 9.33. The summed E-state index contributed by atoms with van der Waals surface area (Å²) < 4.78 is 9.33. The van der Waals surface area contributed by atoms with Crippen molar-refractivity contribution in [2.24, 2.45) is 0 Å². The topological polar surface area (TPSA) is 96.2 Å². The molecular weight excluding hydrogens is 169 g/mol. The molecule has 2 N–H and O–H groups in total. The Morgan fingerprint density at radius 2 is 1.64 bits per heavy atom. The van der Waals surface area contributed by atoms with Gasteiger partial charge in [0, 0.05) is 6.66 Å². The summed E-state index contributed by atoms with van der Waals surface area (Å²) in [6.45, 7) is 0.854. The fourth-order valence-electron chi connectivity index (χ4n) is 0.205. The lowest BCUT2D eigenvalue weighted by Crippen LogP contribution is -1.78. The molecule has 0 saturated carbocycles. The number of nitrogens with zero attached hydrogens (tertiary/aromatic N) is 3. The van der Waals surface area contributed by atoms with Crippen molar-refractivity contribution < 1.29 is 14.4 Å². The molecule has 0 atom stereocenters. The van der Waals surface area contributed by atoms with Crippen LogP contribution >= 0.6 is 7.60 Å². The van der Waals surface area contributed by atoms with Crippen molar-refractivity contribution in [2.45, 2.75) is 0 Å². The van der Waals surface area contributed by atoms with E-state index < -0.39 is 7.60 Å². The van der Waals surface area contributed by atoms with Gasteiger partial charge in [-0.1, -0.05) is 0 Å². The largest absolute Gasteiger partial charge is 0.325 e. The van der Waals surface area contributed by atoms with E-state index in [9.17, 15) is 4.57 Å². The Hall–Kier alpha value is -0.840. The van der Waals surface area contributed by atoms with Crippen LogP contribution in [0.3, 0.4) is 0 Å². The molecule has 1 rings (SSSR count). The Morgan fingerprint density at radius 1 is 1.27 bits per heavy atom. The summed E-state index contributed by atoms with van der Waals surface area (Å²) in [4.78, 5) is 15.3. The second-order valence-electron chi connectivity index (χ2n) is 1.65. The van der Waals surface area contributed by atoms with E-state index in [1.54, 1.807) is 18.5 Å². The van der Waals surface area contributed by atoms with Gasteiger partial charge in [-0.25, -0.2) is 0 Å². The van der Waals surface area contributed by atoms with Crippen molar-refractivity contribution in [1.82, 2.24) is 15.4 Å². The molecule has 0 unspecified atom stereocenters. The van der Waals surface area contributed by atoms with Crippen LogP contribution in [0.15, 0.2) is 18.5 Å². The van der Waals surface area contributed by atoms with E-state index in [1.807, 2.05) is 0 Å². The average Bonchev–Trinajstić information content (AvgIpc) is 1.88. The second kappa shape index (κ2) is 4.90. The SMILES string of the molecule is CP(=O)(O)O.c1cnnnc1. The molecule has 0 saturated heterocycles. The van der Waals surface area contributed by atoms with Gasteiger partial charge in [0.25, 0.3) is 0 Å². The van der Waals surface area contributed by atoms with Crippen molar-refractivity contribution in [1.29, 1.82) is 0 Å². The molecule has 1 heterocycles. The zero-order valence-electron chi connectivity index (χ0n) is 5.82. The smallest absolute Gasteiger partial charge is 0.322 e. The quantitative estimate of drug-likeness (QED) is 0.526. The minimum absolute atomic E-state index is 0.854. The van der Waals surface area contributed by atoms with E-state index in [0.29, 0.717) is 0 Å². The van der Waals surface area contributed by atoms with Crippen molar-refractivity contribution in [3.8, 4) is 0 Å². The van der Waals surface area contributed by atoms with E-state index in [2.05, 4.69) is 15.4 Å². The third-order valence-corrected chi connectivity index (χ3v) is 0.409. The molecule has 0 amide bonds. The average molecular weight is 177 g/mol. The molecule has 1 aromatic heterocycles. The molecule has 0 aliphatic rings. The van der Waals surface area contributed by atoms with Gasteiger partial charge in [0.2, 0.25) is 0 Å². The molecule has 1 aromatic rings. The van der Waals surface area contributed by atoms with Crippen LogP contribution in [0.4, 0.5) is 0 Å². The van der Waals surface area contributed by atoms with Crippen LogP contribution in [0.25, 0.3) is 0 Å². The molecule has 7 heteroatoms. The van der Waals surface area contributed by atoms with Gasteiger partial charge in [0.05, 0.1) is 12.4 Å². The Bertz CT molecular complexity index is 188. The van der Waals surface area contributed by atoms with Gasteiger partial charge < -0.3 is 9.79 Å². The fraction of sp³-hybridized carbons (Fsp3) is 0.250. The van der Waals surface area contributed by atoms with Crippen LogP contribution in [0.2, 0.25) is 0 Å². The Balaban J connectivity index is 0.000000187. The summed E-state index contributed by atoms with van der Waals surface area (Å²) in [5.74, 6) is 0. The zero-order chi connectivity index (χ0) is 8.74. The monoisotopic (exact) mass is 177 g/mol. The van der Waals surface area contributed by atoms with E-state index in [1.165, 1.54) is 0 Å². The highest BCUT2D eigenvalue weighted by atomic mass is 31.2. The molecule has 6 nitrogen and oxygen atoms in total. The summed E-state index contributed by atoms with van der Waals surface area (Å²) in [6, 6.07) is 1.72. The summed E-state index contributed by atoms with van der Waals surface area (Å²) in [6.07, 6.45) is 3.15. The molecule has 0 aliphatic heterocycles. The minimum atomic E-state index is -3.64. The van der Waals surface area contributed by atoms with Gasteiger partial charge in [-0.3, -0.25) is 4.57 Å². The van der Waals surface area contributed by atoms with Gasteiger partial charge in [-0.15, -0.1) is 10.2 Å². The molecule has 0 radical (unpaired) electrons. The molecule has 62 valence electrons. The summed E-state index contributed by atoms with van der Waals surface area (Å²) in [5.41, 5.74) is 0. The summed E-state index contributed by atoms with van der Waals surface area (Å²) in [5, 5.41) is 10.1. The first kappa shape index (κ1) is 10.2. The van der Waals surface area contributed by atoms with Crippen molar-refractivity contribution >= 4 is 7.60 Å². The highest BCUT2D eigenvalue weighted by molar-refractivity contribution is 7.50. The number of rotatable bonds is 0. The standard InChI is InChI=1S/C3H3N3.CH5O3P/c1-2-4-6-5-3-1;1-5(2,3)4/h1-3H;1H3,(H2,2,3,4). The predicted molar refractivity (Wildman–Crippen MR) is 37.8 cm³/mol. The van der Waals surface area contributed by atoms with Crippen molar-refractivity contribution in [3.05, 3.63) is 18.5 Å². The Kier molecular flexibility index (Phi) is 4.52. The van der Waals surface area contributed by atoms with Crippen molar-refractivity contribution in [2.75, 3.05) is 6.66 Å². The number of aromatic nitrogens is 3. The fourth-order valence-corrected chi connectivity index (χ4v) is 0.205. The maximum Gasteiger partial charge on any atom is 0.322 e. The summed E-state index contributed by atoms with van der Waals surface area (Å²) >= 11 is 0. The van der Waals surface area contributed by atoms with Crippen molar-refractivity contribution in [3.63, 3.8) is 0 Å². The second-order valence-corrected chi connectivity index (χ2v) is 3.32. The first-order valence-electron chi connectivity index (χ1n) is 2.61. The van der Waals surface area contributed by atoms with E-state index in [4.69, 9.17) is 9.79 Å². The molecule has 0 bridgehead atoms.